The summed E-state index contributed by atoms with van der Waals surface area (Å²) >= 11 is 1.66. The lowest BCUT2D eigenvalue weighted by atomic mass is 9.99. The van der Waals surface area contributed by atoms with Crippen molar-refractivity contribution < 1.29 is 30.4 Å². The van der Waals surface area contributed by atoms with Gasteiger partial charge in [-0.05, 0) is 110 Å². The van der Waals surface area contributed by atoms with Gasteiger partial charge in [-0.2, -0.15) is 16.8 Å². The second kappa shape index (κ2) is 14.2. The van der Waals surface area contributed by atoms with Crippen molar-refractivity contribution in [2.75, 3.05) is 23.0 Å². The molecule has 0 spiro atoms. The molecule has 3 aromatic carbocycles. The van der Waals surface area contributed by atoms with Crippen LogP contribution in [-0.4, -0.2) is 44.0 Å². The fourth-order valence-corrected chi connectivity index (χ4v) is 7.93. The molecule has 1 aliphatic rings. The van der Waals surface area contributed by atoms with Crippen LogP contribution in [0.3, 0.4) is 0 Å². The summed E-state index contributed by atoms with van der Waals surface area (Å²) in [4.78, 5) is 3.33. The Morgan fingerprint density at radius 3 is 2.26 bits per heavy atom. The molecule has 0 fully saturated rings. The molecule has 244 valence electrons. The minimum atomic E-state index is -4.11. The predicted molar refractivity (Wildman–Crippen MR) is 188 cm³/mol. The Morgan fingerprint density at radius 1 is 0.870 bits per heavy atom. The monoisotopic (exact) mass is 681 g/mol. The minimum absolute atomic E-state index is 0.244. The zero-order valence-corrected chi connectivity index (χ0v) is 28.6. The molecule has 46 heavy (non-hydrogen) atoms. The molecule has 11 heteroatoms. The summed E-state index contributed by atoms with van der Waals surface area (Å²) in [5.74, 6) is 0.0356. The maximum atomic E-state index is 11.5. The average Bonchev–Trinajstić information content (AvgIpc) is 3.50. The quantitative estimate of drug-likeness (QED) is 0.106. The van der Waals surface area contributed by atoms with Crippen molar-refractivity contribution in [1.29, 1.82) is 0 Å². The zero-order chi connectivity index (χ0) is 33.1. The van der Waals surface area contributed by atoms with Crippen LogP contribution in [0.4, 0.5) is 5.69 Å². The first-order valence-electron chi connectivity index (χ1n) is 15.3. The van der Waals surface area contributed by atoms with Crippen LogP contribution < -0.4 is 4.90 Å². The number of hydrogen-bond donors (Lipinski definition) is 2. The average molecular weight is 682 g/mol. The third kappa shape index (κ3) is 8.51. The number of aryl methyl sites for hydroxylation is 3. The van der Waals surface area contributed by atoms with Gasteiger partial charge in [-0.1, -0.05) is 55.1 Å². The van der Waals surface area contributed by atoms with Crippen molar-refractivity contribution in [2.24, 2.45) is 0 Å². The second-order valence-electron chi connectivity index (χ2n) is 11.6. The van der Waals surface area contributed by atoms with Crippen molar-refractivity contribution >= 4 is 54.7 Å². The fraction of sp³-hybridized carbons (Fsp3) is 0.314. The fourth-order valence-electron chi connectivity index (χ4n) is 5.60. The Kier molecular flexibility index (Phi) is 10.5. The van der Waals surface area contributed by atoms with Gasteiger partial charge in [0.15, 0.2) is 0 Å². The number of benzene rings is 3. The van der Waals surface area contributed by atoms with Crippen LogP contribution >= 0.6 is 11.8 Å². The maximum Gasteiger partial charge on any atom is 0.264 e. The van der Waals surface area contributed by atoms with Crippen LogP contribution in [0.25, 0.3) is 28.2 Å². The molecular weight excluding hydrogens is 643 g/mol. The van der Waals surface area contributed by atoms with E-state index in [4.69, 9.17) is 4.42 Å². The van der Waals surface area contributed by atoms with E-state index in [0.717, 1.165) is 43.3 Å². The molecule has 4 aromatic rings. The Labute approximate surface area is 275 Å². The van der Waals surface area contributed by atoms with Crippen LogP contribution in [0.15, 0.2) is 86.7 Å². The van der Waals surface area contributed by atoms with E-state index in [9.17, 15) is 25.9 Å². The highest BCUT2D eigenvalue weighted by atomic mass is 32.2. The van der Waals surface area contributed by atoms with Gasteiger partial charge in [0.2, 0.25) is 0 Å². The predicted octanol–water partition coefficient (Wildman–Crippen LogP) is 8.45. The van der Waals surface area contributed by atoms with Crippen molar-refractivity contribution in [3.63, 3.8) is 0 Å². The first kappa shape index (κ1) is 34.0. The summed E-state index contributed by atoms with van der Waals surface area (Å²) < 4.78 is 70.6. The number of rotatable bonds is 13. The van der Waals surface area contributed by atoms with Gasteiger partial charge in [-0.3, -0.25) is 9.11 Å². The molecule has 0 aliphatic carbocycles. The lowest BCUT2D eigenvalue weighted by molar-refractivity contribution is 0.478. The highest BCUT2D eigenvalue weighted by molar-refractivity contribution is 8.03. The smallest absolute Gasteiger partial charge is 0.264 e. The topological polar surface area (TPSA) is 125 Å². The molecule has 5 rings (SSSR count). The van der Waals surface area contributed by atoms with Gasteiger partial charge < -0.3 is 9.32 Å². The number of anilines is 1. The Balaban J connectivity index is 1.53. The highest BCUT2D eigenvalue weighted by Crippen LogP contribution is 2.48. The molecule has 2 heterocycles. The second-order valence-corrected chi connectivity index (χ2v) is 15.8. The van der Waals surface area contributed by atoms with Crippen molar-refractivity contribution in [2.45, 2.75) is 57.8 Å². The summed E-state index contributed by atoms with van der Waals surface area (Å²) in [6.45, 7) is 6.81. The molecule has 1 aromatic heterocycles. The largest absolute Gasteiger partial charge is 0.456 e. The SMILES string of the molecule is CCC(=C/c1oc2ccc(-c3ccccc3)cc2c1CCCS(=O)(=O)O)/C=C1/Sc2cc(C)c(C)cc2N1CCCCS(=O)(=O)O. The Bertz CT molecular complexity index is 2010. The lowest BCUT2D eigenvalue weighted by Gasteiger charge is -2.21. The van der Waals surface area contributed by atoms with E-state index in [-0.39, 0.29) is 17.9 Å². The highest BCUT2D eigenvalue weighted by Gasteiger charge is 2.26. The van der Waals surface area contributed by atoms with Gasteiger partial charge in [0.05, 0.1) is 22.2 Å². The molecule has 1 aliphatic heterocycles. The van der Waals surface area contributed by atoms with Crippen molar-refractivity contribution in [3.05, 3.63) is 99.8 Å². The van der Waals surface area contributed by atoms with E-state index in [1.54, 1.807) is 11.8 Å². The van der Waals surface area contributed by atoms with Gasteiger partial charge in [-0.25, -0.2) is 0 Å². The van der Waals surface area contributed by atoms with Gasteiger partial charge in [-0.15, -0.1) is 0 Å². The number of hydrogen-bond acceptors (Lipinski definition) is 7. The molecule has 0 amide bonds. The number of nitrogens with zero attached hydrogens (tertiary/aromatic N) is 1. The number of furan rings is 1. The normalized spacial score (nSPS) is 14.8. The Morgan fingerprint density at radius 2 is 1.57 bits per heavy atom. The summed E-state index contributed by atoms with van der Waals surface area (Å²) in [7, 11) is -8.12. The molecule has 8 nitrogen and oxygen atoms in total. The maximum absolute atomic E-state index is 11.5. The third-order valence-electron chi connectivity index (χ3n) is 8.17. The van der Waals surface area contributed by atoms with Gasteiger partial charge in [0, 0.05) is 22.4 Å². The van der Waals surface area contributed by atoms with Crippen LogP contribution in [0.2, 0.25) is 0 Å². The first-order chi connectivity index (χ1) is 21.8. The molecule has 0 unspecified atom stereocenters. The van der Waals surface area contributed by atoms with E-state index in [2.05, 4.69) is 49.9 Å². The molecular formula is C35H39NO7S3. The van der Waals surface area contributed by atoms with Crippen LogP contribution in [0.1, 0.15) is 55.1 Å². The number of allylic oxidation sites excluding steroid dienone is 2. The molecule has 0 saturated heterocycles. The molecule has 2 N–H and O–H groups in total. The van der Waals surface area contributed by atoms with Gasteiger partial charge >= 0.3 is 0 Å². The summed E-state index contributed by atoms with van der Waals surface area (Å²) in [5, 5.41) is 1.91. The lowest BCUT2D eigenvalue weighted by Crippen LogP contribution is -2.20. The summed E-state index contributed by atoms with van der Waals surface area (Å²) in [5.41, 5.74) is 8.11. The van der Waals surface area contributed by atoms with Crippen molar-refractivity contribution in [3.8, 4) is 11.1 Å². The van der Waals surface area contributed by atoms with Crippen LogP contribution in [0, 0.1) is 13.8 Å². The minimum Gasteiger partial charge on any atom is -0.456 e. The van der Waals surface area contributed by atoms with Gasteiger partial charge in [0.1, 0.15) is 11.3 Å². The molecule has 0 atom stereocenters. The standard InChI is InChI=1S/C35H39NO7S3/c1-4-26(22-35-36(16-8-9-17-45(37,38)39)31-19-24(2)25(3)20-34(31)44-35)21-33-29(13-10-18-46(40,41)42)30-23-28(14-15-32(30)43-33)27-11-6-5-7-12-27/h5-7,11-12,14-15,19-23H,4,8-10,13,16-18H2,1-3H3,(H,37,38,39)(H,40,41,42)/b26-21-,35-22+. The third-order valence-corrected chi connectivity index (χ3v) is 10.9. The number of fused-ring (bicyclic) bond motifs is 2. The van der Waals surface area contributed by atoms with E-state index in [1.807, 2.05) is 48.5 Å². The summed E-state index contributed by atoms with van der Waals surface area (Å²) in [6, 6.07) is 20.4. The summed E-state index contributed by atoms with van der Waals surface area (Å²) in [6.07, 6.45) is 6.42. The van der Waals surface area contributed by atoms with E-state index in [0.29, 0.717) is 43.6 Å². The number of unbranched alkanes of at least 4 members (excludes halogenated alkanes) is 1. The first-order valence-corrected chi connectivity index (χ1v) is 19.3. The molecule has 0 radical (unpaired) electrons. The number of thioether (sulfide) groups is 1. The van der Waals surface area contributed by atoms with Gasteiger partial charge in [0.25, 0.3) is 20.2 Å². The zero-order valence-electron chi connectivity index (χ0n) is 26.2. The van der Waals surface area contributed by atoms with E-state index < -0.39 is 20.2 Å². The van der Waals surface area contributed by atoms with E-state index >= 15 is 0 Å². The van der Waals surface area contributed by atoms with Crippen LogP contribution in [0.5, 0.6) is 0 Å². The Hall–Kier alpha value is -3.35. The van der Waals surface area contributed by atoms with Crippen LogP contribution in [-0.2, 0) is 26.7 Å². The van der Waals surface area contributed by atoms with E-state index in [1.165, 1.54) is 11.1 Å². The van der Waals surface area contributed by atoms with Crippen molar-refractivity contribution in [1.82, 2.24) is 0 Å². The molecule has 0 bridgehead atoms. The molecule has 0 saturated carbocycles.